The van der Waals surface area contributed by atoms with Crippen molar-refractivity contribution in [2.75, 3.05) is 18.0 Å². The zero-order valence-electron chi connectivity index (χ0n) is 24.6. The summed E-state index contributed by atoms with van der Waals surface area (Å²) in [6.07, 6.45) is 4.35. The van der Waals surface area contributed by atoms with Crippen molar-refractivity contribution in [3.63, 3.8) is 0 Å². The fourth-order valence-corrected chi connectivity index (χ4v) is 6.73. The molecule has 4 aromatic rings. The minimum absolute atomic E-state index is 0.100. The van der Waals surface area contributed by atoms with E-state index in [4.69, 9.17) is 4.98 Å². The van der Waals surface area contributed by atoms with Crippen LogP contribution in [0.15, 0.2) is 76.4 Å². The van der Waals surface area contributed by atoms with Crippen molar-refractivity contribution in [1.82, 2.24) is 14.3 Å². The summed E-state index contributed by atoms with van der Waals surface area (Å²) in [5, 5.41) is 0.516. The first-order valence-corrected chi connectivity index (χ1v) is 15.9. The smallest absolute Gasteiger partial charge is 0.266 e. The van der Waals surface area contributed by atoms with Crippen LogP contribution in [0.25, 0.3) is 16.6 Å². The molecule has 216 valence electrons. The minimum Gasteiger partial charge on any atom is -0.372 e. The summed E-state index contributed by atoms with van der Waals surface area (Å²) in [5.74, 6) is 0.338. The predicted molar refractivity (Wildman–Crippen MR) is 166 cm³/mol. The van der Waals surface area contributed by atoms with Gasteiger partial charge in [0.25, 0.3) is 5.56 Å². The highest BCUT2D eigenvalue weighted by molar-refractivity contribution is 7.89. The van der Waals surface area contributed by atoms with Crippen molar-refractivity contribution < 1.29 is 8.42 Å². The van der Waals surface area contributed by atoms with Gasteiger partial charge in [-0.05, 0) is 93.0 Å². The highest BCUT2D eigenvalue weighted by atomic mass is 32.2. The zero-order valence-corrected chi connectivity index (χ0v) is 25.5. The summed E-state index contributed by atoms with van der Waals surface area (Å²) in [5.41, 5.74) is 4.24. The van der Waals surface area contributed by atoms with Crippen molar-refractivity contribution in [2.24, 2.45) is 5.41 Å². The molecule has 1 aromatic heterocycles. The van der Waals surface area contributed by atoms with Crippen molar-refractivity contribution in [1.29, 1.82) is 0 Å². The first-order chi connectivity index (χ1) is 19.4. The Kier molecular flexibility index (Phi) is 8.08. The maximum Gasteiger partial charge on any atom is 0.266 e. The summed E-state index contributed by atoms with van der Waals surface area (Å²) in [7, 11) is -3.87. The molecule has 1 unspecified atom stereocenters. The first kappa shape index (κ1) is 29.0. The van der Waals surface area contributed by atoms with Gasteiger partial charge in [0.2, 0.25) is 10.0 Å². The number of nitrogens with zero attached hydrogens (tertiary/aromatic N) is 3. The van der Waals surface area contributed by atoms with E-state index in [1.54, 1.807) is 23.6 Å². The van der Waals surface area contributed by atoms with Crippen LogP contribution < -0.4 is 15.2 Å². The average Bonchev–Trinajstić information content (AvgIpc) is 2.93. The number of piperidine rings is 1. The van der Waals surface area contributed by atoms with Gasteiger partial charge in [0.15, 0.2) is 0 Å². The highest BCUT2D eigenvalue weighted by Crippen LogP contribution is 2.26. The fourth-order valence-electron chi connectivity index (χ4n) is 5.53. The molecule has 1 fully saturated rings. The molecule has 1 saturated heterocycles. The highest BCUT2D eigenvalue weighted by Gasteiger charge is 2.25. The van der Waals surface area contributed by atoms with E-state index < -0.39 is 16.1 Å². The maximum atomic E-state index is 14.1. The lowest BCUT2D eigenvalue weighted by Gasteiger charge is -2.29. The Labute approximate surface area is 243 Å². The van der Waals surface area contributed by atoms with Crippen molar-refractivity contribution in [3.05, 3.63) is 94.0 Å². The molecule has 2 heterocycles. The van der Waals surface area contributed by atoms with Crippen molar-refractivity contribution in [2.45, 2.75) is 71.2 Å². The fraction of sp³-hybridized carbons (Fsp3) is 0.394. The molecule has 1 aliphatic rings. The molecular formula is C33H40N4O3S. The molecular weight excluding hydrogens is 532 g/mol. The largest absolute Gasteiger partial charge is 0.372 e. The Balaban J connectivity index is 1.54. The van der Waals surface area contributed by atoms with E-state index in [0.717, 1.165) is 49.2 Å². The van der Waals surface area contributed by atoms with E-state index in [9.17, 15) is 13.2 Å². The van der Waals surface area contributed by atoms with Gasteiger partial charge in [-0.2, -0.15) is 0 Å². The summed E-state index contributed by atoms with van der Waals surface area (Å²) in [6, 6.07) is 19.7. The number of benzene rings is 3. The number of fused-ring (bicyclic) bond motifs is 1. The lowest BCUT2D eigenvalue weighted by molar-refractivity contribution is 0.411. The molecule has 0 aliphatic carbocycles. The second-order valence-electron chi connectivity index (χ2n) is 12.4. The molecule has 5 rings (SSSR count). The summed E-state index contributed by atoms with van der Waals surface area (Å²) in [4.78, 5) is 21.5. The van der Waals surface area contributed by atoms with Crippen LogP contribution in [-0.2, 0) is 16.4 Å². The second kappa shape index (κ2) is 11.4. The van der Waals surface area contributed by atoms with E-state index in [1.165, 1.54) is 6.42 Å². The molecule has 1 aliphatic heterocycles. The number of aromatic nitrogens is 2. The summed E-state index contributed by atoms with van der Waals surface area (Å²) in [6.45, 7) is 12.1. The number of anilines is 1. The van der Waals surface area contributed by atoms with Crippen LogP contribution in [0.1, 0.15) is 70.0 Å². The summed E-state index contributed by atoms with van der Waals surface area (Å²) < 4.78 is 31.2. The van der Waals surface area contributed by atoms with Crippen LogP contribution in [0.5, 0.6) is 0 Å². The number of nitrogens with one attached hydrogen (secondary N) is 1. The summed E-state index contributed by atoms with van der Waals surface area (Å²) >= 11 is 0. The van der Waals surface area contributed by atoms with Gasteiger partial charge in [-0.3, -0.25) is 9.36 Å². The second-order valence-corrected chi connectivity index (χ2v) is 14.1. The topological polar surface area (TPSA) is 84.3 Å². The standard InChI is InChI=1S/C33H40N4O3S/c1-23-9-13-26(14-10-23)37-31(24(2)35-41(39,40)28-16-11-25(12-17-28)22-33(3,4)5)34-30-18-15-27(21-29(30)32(37)38)36-19-7-6-8-20-36/h9-18,21,24,35H,6-8,19-20,22H2,1-5H3. The van der Waals surface area contributed by atoms with E-state index >= 15 is 0 Å². The Morgan fingerprint density at radius 1 is 0.902 bits per heavy atom. The molecule has 8 heteroatoms. The molecule has 0 saturated carbocycles. The van der Waals surface area contributed by atoms with Gasteiger partial charge in [0.1, 0.15) is 5.82 Å². The van der Waals surface area contributed by atoms with Crippen molar-refractivity contribution in [3.8, 4) is 5.69 Å². The number of hydrogen-bond donors (Lipinski definition) is 1. The van der Waals surface area contributed by atoms with Gasteiger partial charge >= 0.3 is 0 Å². The van der Waals surface area contributed by atoms with E-state index in [-0.39, 0.29) is 15.9 Å². The lowest BCUT2D eigenvalue weighted by atomic mass is 9.88. The molecule has 0 spiro atoms. The van der Waals surface area contributed by atoms with Gasteiger partial charge in [-0.25, -0.2) is 18.1 Å². The SMILES string of the molecule is Cc1ccc(-n2c(C(C)NS(=O)(=O)c3ccc(CC(C)(C)C)cc3)nc3ccc(N4CCCCC4)cc3c2=O)cc1. The third-order valence-electron chi connectivity index (χ3n) is 7.58. The van der Waals surface area contributed by atoms with E-state index in [1.807, 2.05) is 61.5 Å². The van der Waals surface area contributed by atoms with Gasteiger partial charge in [-0.15, -0.1) is 0 Å². The Hall–Kier alpha value is -3.49. The van der Waals surface area contributed by atoms with Crippen LogP contribution in [0, 0.1) is 12.3 Å². The predicted octanol–water partition coefficient (Wildman–Crippen LogP) is 6.31. The Morgan fingerprint density at radius 3 is 2.17 bits per heavy atom. The van der Waals surface area contributed by atoms with Crippen LogP contribution in [-0.4, -0.2) is 31.1 Å². The molecule has 41 heavy (non-hydrogen) atoms. The monoisotopic (exact) mass is 572 g/mol. The quantitative estimate of drug-likeness (QED) is 0.281. The van der Waals surface area contributed by atoms with Crippen molar-refractivity contribution >= 4 is 26.6 Å². The minimum atomic E-state index is -3.87. The van der Waals surface area contributed by atoms with Gasteiger partial charge in [0, 0.05) is 18.8 Å². The molecule has 0 bridgehead atoms. The van der Waals surface area contributed by atoms with Crippen LogP contribution >= 0.6 is 0 Å². The van der Waals surface area contributed by atoms with Gasteiger partial charge < -0.3 is 4.90 Å². The van der Waals surface area contributed by atoms with Crippen LogP contribution in [0.3, 0.4) is 0 Å². The maximum absolute atomic E-state index is 14.1. The third kappa shape index (κ3) is 6.54. The number of hydrogen-bond acceptors (Lipinski definition) is 5. The lowest BCUT2D eigenvalue weighted by Crippen LogP contribution is -2.33. The van der Waals surface area contributed by atoms with Crippen LogP contribution in [0.2, 0.25) is 0 Å². The Morgan fingerprint density at radius 2 is 1.54 bits per heavy atom. The normalized spacial score (nSPS) is 15.3. The molecule has 7 nitrogen and oxygen atoms in total. The van der Waals surface area contributed by atoms with Crippen LogP contribution in [0.4, 0.5) is 5.69 Å². The third-order valence-corrected chi connectivity index (χ3v) is 9.14. The molecule has 3 aromatic carbocycles. The molecule has 1 atom stereocenters. The van der Waals surface area contributed by atoms with E-state index in [2.05, 4.69) is 30.4 Å². The Bertz CT molecular complexity index is 1700. The first-order valence-electron chi connectivity index (χ1n) is 14.4. The number of sulfonamides is 1. The van der Waals surface area contributed by atoms with Gasteiger partial charge in [0.05, 0.1) is 27.5 Å². The molecule has 1 N–H and O–H groups in total. The number of aryl methyl sites for hydroxylation is 1. The zero-order chi connectivity index (χ0) is 29.4. The van der Waals surface area contributed by atoms with E-state index in [0.29, 0.717) is 22.4 Å². The molecule has 0 amide bonds. The molecule has 0 radical (unpaired) electrons. The average molecular weight is 573 g/mol. The van der Waals surface area contributed by atoms with Gasteiger partial charge in [-0.1, -0.05) is 50.6 Å². The number of rotatable bonds is 7.